The van der Waals surface area contributed by atoms with E-state index >= 15 is 0 Å². The van der Waals surface area contributed by atoms with E-state index in [2.05, 4.69) is 37.1 Å². The lowest BCUT2D eigenvalue weighted by atomic mass is 9.69. The first-order valence-corrected chi connectivity index (χ1v) is 11.4. The number of benzene rings is 1. The van der Waals surface area contributed by atoms with Crippen molar-refractivity contribution in [2.45, 2.75) is 83.6 Å². The maximum absolute atomic E-state index is 10.3. The van der Waals surface area contributed by atoms with Gasteiger partial charge in [0, 0.05) is 7.05 Å². The van der Waals surface area contributed by atoms with Crippen molar-refractivity contribution in [1.82, 2.24) is 0 Å². The highest BCUT2D eigenvalue weighted by Crippen LogP contribution is 2.45. The van der Waals surface area contributed by atoms with Crippen LogP contribution >= 0.6 is 0 Å². The highest BCUT2D eigenvalue weighted by atomic mass is 16.5. The molecule has 0 heterocycles. The van der Waals surface area contributed by atoms with Crippen molar-refractivity contribution >= 4 is 0 Å². The Morgan fingerprint density at radius 3 is 2.03 bits per heavy atom. The predicted molar refractivity (Wildman–Crippen MR) is 125 cm³/mol. The molecule has 1 rings (SSSR count). The third-order valence-electron chi connectivity index (χ3n) is 6.14. The zero-order valence-electron chi connectivity index (χ0n) is 20.5. The number of azo groups is 1. The SMILES string of the molecule is CCCCCCC(CCCC(C#N)(c1cc(OC)c(OC)c(OC)c1)C(C)C)N=NC. The molecule has 2 atom stereocenters. The number of unbranched alkanes of at least 4 members (excludes halogenated alkanes) is 3. The molecule has 1 aromatic carbocycles. The number of hydrogen-bond donors (Lipinski definition) is 0. The van der Waals surface area contributed by atoms with Crippen LogP contribution < -0.4 is 14.2 Å². The van der Waals surface area contributed by atoms with E-state index < -0.39 is 5.41 Å². The Bertz CT molecular complexity index is 702. The Labute approximate surface area is 189 Å². The second kappa shape index (κ2) is 13.9. The van der Waals surface area contributed by atoms with Crippen LogP contribution in [0.5, 0.6) is 17.2 Å². The molecule has 2 unspecified atom stereocenters. The molecule has 1 aromatic rings. The summed E-state index contributed by atoms with van der Waals surface area (Å²) in [5, 5.41) is 18.8. The fraction of sp³-hybridized carbons (Fsp3) is 0.720. The fourth-order valence-electron chi connectivity index (χ4n) is 4.20. The molecule has 0 saturated heterocycles. The van der Waals surface area contributed by atoms with E-state index in [4.69, 9.17) is 14.2 Å². The molecule has 0 aliphatic heterocycles. The molecule has 0 saturated carbocycles. The Balaban J connectivity index is 3.09. The van der Waals surface area contributed by atoms with Gasteiger partial charge in [0.2, 0.25) is 5.75 Å². The molecule has 0 N–H and O–H groups in total. The molecular weight excluding hydrogens is 390 g/mol. The molecule has 0 spiro atoms. The number of methoxy groups -OCH3 is 3. The molecular formula is C25H41N3O3. The molecule has 0 aromatic heterocycles. The van der Waals surface area contributed by atoms with Gasteiger partial charge in [0.1, 0.15) is 0 Å². The molecule has 174 valence electrons. The number of rotatable bonds is 15. The van der Waals surface area contributed by atoms with E-state index in [0.29, 0.717) is 17.2 Å². The lowest BCUT2D eigenvalue weighted by Crippen LogP contribution is -2.31. The maximum Gasteiger partial charge on any atom is 0.203 e. The summed E-state index contributed by atoms with van der Waals surface area (Å²) in [5.74, 6) is 1.81. The predicted octanol–water partition coefficient (Wildman–Crippen LogP) is 6.72. The summed E-state index contributed by atoms with van der Waals surface area (Å²) in [5.41, 5.74) is 0.249. The Kier molecular flexibility index (Phi) is 12.0. The van der Waals surface area contributed by atoms with Gasteiger partial charge in [-0.3, -0.25) is 0 Å². The van der Waals surface area contributed by atoms with Crippen LogP contribution in [0.2, 0.25) is 0 Å². The number of ether oxygens (including phenoxy) is 3. The summed E-state index contributed by atoms with van der Waals surface area (Å²) in [7, 11) is 6.53. The minimum absolute atomic E-state index is 0.121. The van der Waals surface area contributed by atoms with E-state index in [1.165, 1.54) is 25.7 Å². The minimum Gasteiger partial charge on any atom is -0.493 e. The summed E-state index contributed by atoms with van der Waals surface area (Å²) in [6.07, 6.45) is 8.55. The Morgan fingerprint density at radius 1 is 0.968 bits per heavy atom. The lowest BCUT2D eigenvalue weighted by molar-refractivity contribution is 0.315. The van der Waals surface area contributed by atoms with Crippen molar-refractivity contribution in [2.75, 3.05) is 28.4 Å². The standard InChI is InChI=1S/C25H41N3O3/c1-8-9-10-11-13-21(28-27-4)14-12-15-25(18-26,19(2)3)20-16-22(29-5)24(31-7)23(17-20)30-6/h16-17,19,21H,8-15H2,1-7H3. The highest BCUT2D eigenvalue weighted by Gasteiger charge is 2.37. The second-order valence-corrected chi connectivity index (χ2v) is 8.36. The minimum atomic E-state index is -0.650. The Hall–Kier alpha value is -2.29. The first-order valence-electron chi connectivity index (χ1n) is 11.4. The van der Waals surface area contributed by atoms with Gasteiger partial charge in [0.25, 0.3) is 0 Å². The van der Waals surface area contributed by atoms with Gasteiger partial charge in [-0.25, -0.2) is 0 Å². The van der Waals surface area contributed by atoms with Gasteiger partial charge in [-0.05, 0) is 49.3 Å². The average molecular weight is 432 g/mol. The first kappa shape index (κ1) is 26.7. The molecule has 0 radical (unpaired) electrons. The average Bonchev–Trinajstić information content (AvgIpc) is 2.78. The molecule has 0 bridgehead atoms. The molecule has 6 heteroatoms. The van der Waals surface area contributed by atoms with Crippen LogP contribution in [0.25, 0.3) is 0 Å². The summed E-state index contributed by atoms with van der Waals surface area (Å²) in [4.78, 5) is 0. The van der Waals surface area contributed by atoms with Crippen molar-refractivity contribution < 1.29 is 14.2 Å². The van der Waals surface area contributed by atoms with E-state index in [1.54, 1.807) is 28.4 Å². The van der Waals surface area contributed by atoms with Crippen LogP contribution in [0, 0.1) is 17.2 Å². The van der Waals surface area contributed by atoms with Crippen molar-refractivity contribution in [3.05, 3.63) is 17.7 Å². The number of nitrogens with zero attached hydrogens (tertiary/aromatic N) is 3. The van der Waals surface area contributed by atoms with Crippen molar-refractivity contribution in [1.29, 1.82) is 5.26 Å². The van der Waals surface area contributed by atoms with Crippen molar-refractivity contribution in [3.63, 3.8) is 0 Å². The topological polar surface area (TPSA) is 76.2 Å². The van der Waals surface area contributed by atoms with Crippen LogP contribution in [0.4, 0.5) is 0 Å². The van der Waals surface area contributed by atoms with Crippen LogP contribution in [-0.2, 0) is 5.41 Å². The summed E-state index contributed by atoms with van der Waals surface area (Å²) >= 11 is 0. The van der Waals surface area contributed by atoms with Crippen LogP contribution in [0.3, 0.4) is 0 Å². The third-order valence-corrected chi connectivity index (χ3v) is 6.14. The van der Waals surface area contributed by atoms with E-state index in [0.717, 1.165) is 31.2 Å². The normalized spacial score (nSPS) is 14.3. The zero-order valence-corrected chi connectivity index (χ0v) is 20.5. The van der Waals surface area contributed by atoms with E-state index in [-0.39, 0.29) is 12.0 Å². The molecule has 31 heavy (non-hydrogen) atoms. The first-order chi connectivity index (χ1) is 14.9. The van der Waals surface area contributed by atoms with Gasteiger partial charge in [-0.2, -0.15) is 15.5 Å². The maximum atomic E-state index is 10.3. The largest absolute Gasteiger partial charge is 0.493 e. The molecule has 0 fully saturated rings. The van der Waals surface area contributed by atoms with Gasteiger partial charge in [-0.15, -0.1) is 0 Å². The molecule has 0 amide bonds. The number of hydrogen-bond acceptors (Lipinski definition) is 6. The van der Waals surface area contributed by atoms with Crippen molar-refractivity contribution in [3.8, 4) is 23.3 Å². The summed E-state index contributed by atoms with van der Waals surface area (Å²) in [6, 6.07) is 6.69. The van der Waals surface area contributed by atoms with Crippen LogP contribution in [0.1, 0.15) is 77.7 Å². The van der Waals surface area contributed by atoms with Gasteiger partial charge in [-0.1, -0.05) is 46.5 Å². The number of nitriles is 1. The van der Waals surface area contributed by atoms with Crippen LogP contribution in [0.15, 0.2) is 22.4 Å². The monoisotopic (exact) mass is 431 g/mol. The molecule has 0 aliphatic rings. The molecule has 0 aliphatic carbocycles. The quantitative estimate of drug-likeness (QED) is 0.228. The lowest BCUT2D eigenvalue weighted by Gasteiger charge is -2.32. The highest BCUT2D eigenvalue weighted by molar-refractivity contribution is 5.56. The van der Waals surface area contributed by atoms with Gasteiger partial charge in [0.05, 0.1) is 38.9 Å². The van der Waals surface area contributed by atoms with Crippen molar-refractivity contribution in [2.24, 2.45) is 16.1 Å². The molecule has 6 nitrogen and oxygen atoms in total. The van der Waals surface area contributed by atoms with E-state index in [1.807, 2.05) is 12.1 Å². The van der Waals surface area contributed by atoms with Gasteiger partial charge >= 0.3 is 0 Å². The summed E-state index contributed by atoms with van der Waals surface area (Å²) < 4.78 is 16.5. The van der Waals surface area contributed by atoms with E-state index in [9.17, 15) is 5.26 Å². The second-order valence-electron chi connectivity index (χ2n) is 8.36. The smallest absolute Gasteiger partial charge is 0.203 e. The third kappa shape index (κ3) is 7.12. The van der Waals surface area contributed by atoms with Crippen LogP contribution in [-0.4, -0.2) is 34.4 Å². The van der Waals surface area contributed by atoms with Gasteiger partial charge < -0.3 is 14.2 Å². The zero-order chi connectivity index (χ0) is 23.3. The summed E-state index contributed by atoms with van der Waals surface area (Å²) in [6.45, 7) is 6.42. The van der Waals surface area contributed by atoms with Gasteiger partial charge in [0.15, 0.2) is 11.5 Å². The fourth-order valence-corrected chi connectivity index (χ4v) is 4.20. The Morgan fingerprint density at radius 2 is 1.58 bits per heavy atom.